The van der Waals surface area contributed by atoms with Crippen LogP contribution in [-0.4, -0.2) is 9.55 Å². The molecule has 5 heteroatoms. The molecule has 2 N–H and O–H groups in total. The fourth-order valence-electron chi connectivity index (χ4n) is 2.45. The van der Waals surface area contributed by atoms with E-state index < -0.39 is 6.04 Å². The van der Waals surface area contributed by atoms with Crippen molar-refractivity contribution in [3.05, 3.63) is 70.3 Å². The minimum absolute atomic E-state index is 0.222. The largest absolute Gasteiger partial charge is 0.322 e. The summed E-state index contributed by atoms with van der Waals surface area (Å²) in [5.41, 5.74) is 7.25. The normalized spacial score (nSPS) is 12.0. The van der Waals surface area contributed by atoms with Crippen LogP contribution in [-0.2, 0) is 0 Å². The summed E-state index contributed by atoms with van der Waals surface area (Å²) >= 11 is 0. The van der Waals surface area contributed by atoms with Gasteiger partial charge in [-0.3, -0.25) is 9.36 Å². The smallest absolute Gasteiger partial charge is 0.266 e. The highest BCUT2D eigenvalue weighted by atomic mass is 16.1. The van der Waals surface area contributed by atoms with E-state index in [1.165, 1.54) is 4.57 Å². The minimum Gasteiger partial charge on any atom is -0.322 e. The van der Waals surface area contributed by atoms with E-state index in [2.05, 4.69) is 11.1 Å². The van der Waals surface area contributed by atoms with Gasteiger partial charge in [-0.2, -0.15) is 5.26 Å². The summed E-state index contributed by atoms with van der Waals surface area (Å²) in [4.78, 5) is 17.4. The molecule has 0 amide bonds. The third-order valence-electron chi connectivity index (χ3n) is 3.47. The zero-order chi connectivity index (χ0) is 15.7. The van der Waals surface area contributed by atoms with Gasteiger partial charge in [0.2, 0.25) is 0 Å². The Bertz CT molecular complexity index is 937. The first-order chi connectivity index (χ1) is 10.6. The summed E-state index contributed by atoms with van der Waals surface area (Å²) in [6.45, 7) is 1.77. The Hall–Kier alpha value is -2.97. The van der Waals surface area contributed by atoms with Crippen LogP contribution in [0.25, 0.3) is 16.6 Å². The molecule has 0 aliphatic carbocycles. The number of benzene rings is 2. The van der Waals surface area contributed by atoms with Crippen molar-refractivity contribution in [2.45, 2.75) is 13.0 Å². The summed E-state index contributed by atoms with van der Waals surface area (Å²) in [6, 6.07) is 15.9. The molecule has 1 unspecified atom stereocenters. The number of fused-ring (bicyclic) bond motifs is 1. The van der Waals surface area contributed by atoms with E-state index >= 15 is 0 Å². The van der Waals surface area contributed by atoms with Crippen molar-refractivity contribution >= 4 is 10.9 Å². The van der Waals surface area contributed by atoms with Gasteiger partial charge < -0.3 is 5.73 Å². The van der Waals surface area contributed by atoms with Crippen LogP contribution in [0.4, 0.5) is 0 Å². The number of nitriles is 1. The van der Waals surface area contributed by atoms with Crippen LogP contribution in [0.15, 0.2) is 53.3 Å². The lowest BCUT2D eigenvalue weighted by Gasteiger charge is -2.16. The fraction of sp³-hybridized carbons (Fsp3) is 0.118. The zero-order valence-corrected chi connectivity index (χ0v) is 12.0. The molecule has 1 atom stereocenters. The number of hydrogen-bond donors (Lipinski definition) is 1. The molecule has 108 valence electrons. The molecule has 0 fully saturated rings. The maximum Gasteiger partial charge on any atom is 0.266 e. The standard InChI is InChI=1S/C17H14N4O/c1-11(19)16-20-15-12(10-18)6-5-9-14(15)17(22)21(16)13-7-3-2-4-8-13/h2-9,11H,19H2,1H3. The molecule has 1 heterocycles. The van der Waals surface area contributed by atoms with Gasteiger partial charge in [0.1, 0.15) is 11.9 Å². The van der Waals surface area contributed by atoms with Gasteiger partial charge in [-0.1, -0.05) is 24.3 Å². The van der Waals surface area contributed by atoms with Crippen molar-refractivity contribution in [3.8, 4) is 11.8 Å². The molecular formula is C17H14N4O. The lowest BCUT2D eigenvalue weighted by molar-refractivity contribution is 0.696. The van der Waals surface area contributed by atoms with Crippen LogP contribution in [0.5, 0.6) is 0 Å². The quantitative estimate of drug-likeness (QED) is 0.784. The Kier molecular flexibility index (Phi) is 3.45. The topological polar surface area (TPSA) is 84.7 Å². The molecule has 0 saturated heterocycles. The minimum atomic E-state index is -0.441. The molecular weight excluding hydrogens is 276 g/mol. The third kappa shape index (κ3) is 2.16. The van der Waals surface area contributed by atoms with Gasteiger partial charge in [0.05, 0.1) is 28.2 Å². The van der Waals surface area contributed by atoms with E-state index in [4.69, 9.17) is 5.73 Å². The van der Waals surface area contributed by atoms with Crippen molar-refractivity contribution in [2.24, 2.45) is 5.73 Å². The van der Waals surface area contributed by atoms with Gasteiger partial charge >= 0.3 is 0 Å². The first-order valence-corrected chi connectivity index (χ1v) is 6.90. The average molecular weight is 290 g/mol. The molecule has 3 aromatic rings. The lowest BCUT2D eigenvalue weighted by Crippen LogP contribution is -2.27. The van der Waals surface area contributed by atoms with Crippen molar-refractivity contribution < 1.29 is 0 Å². The first-order valence-electron chi connectivity index (χ1n) is 6.90. The highest BCUT2D eigenvalue weighted by molar-refractivity contribution is 5.83. The summed E-state index contributed by atoms with van der Waals surface area (Å²) in [6.07, 6.45) is 0. The Balaban J connectivity index is 2.48. The van der Waals surface area contributed by atoms with Crippen molar-refractivity contribution in [3.63, 3.8) is 0 Å². The Morgan fingerprint density at radius 3 is 2.55 bits per heavy atom. The van der Waals surface area contributed by atoms with Gasteiger partial charge in [-0.15, -0.1) is 0 Å². The van der Waals surface area contributed by atoms with Crippen LogP contribution in [0, 0.1) is 11.3 Å². The molecule has 0 aliphatic rings. The van der Waals surface area contributed by atoms with E-state index in [1.54, 1.807) is 25.1 Å². The summed E-state index contributed by atoms with van der Waals surface area (Å²) in [5.74, 6) is 0.436. The van der Waals surface area contributed by atoms with Crippen LogP contribution in [0.3, 0.4) is 0 Å². The van der Waals surface area contributed by atoms with Crippen LogP contribution < -0.4 is 11.3 Å². The number of aromatic nitrogens is 2. The molecule has 0 spiro atoms. The lowest BCUT2D eigenvalue weighted by atomic mass is 10.1. The highest BCUT2D eigenvalue weighted by Gasteiger charge is 2.16. The van der Waals surface area contributed by atoms with Gasteiger partial charge in [0.25, 0.3) is 5.56 Å². The Morgan fingerprint density at radius 1 is 1.18 bits per heavy atom. The van der Waals surface area contributed by atoms with Crippen LogP contribution in [0.2, 0.25) is 0 Å². The molecule has 2 aromatic carbocycles. The van der Waals surface area contributed by atoms with Crippen molar-refractivity contribution in [1.82, 2.24) is 9.55 Å². The average Bonchev–Trinajstić information content (AvgIpc) is 2.55. The second-order valence-electron chi connectivity index (χ2n) is 5.05. The highest BCUT2D eigenvalue weighted by Crippen LogP contribution is 2.18. The van der Waals surface area contributed by atoms with Crippen LogP contribution >= 0.6 is 0 Å². The predicted molar refractivity (Wildman–Crippen MR) is 84.7 cm³/mol. The zero-order valence-electron chi connectivity index (χ0n) is 12.0. The second-order valence-corrected chi connectivity index (χ2v) is 5.05. The molecule has 3 rings (SSSR count). The molecule has 0 saturated carbocycles. The number of para-hydroxylation sites is 2. The molecule has 0 aliphatic heterocycles. The summed E-state index contributed by atoms with van der Waals surface area (Å²) in [5, 5.41) is 9.62. The number of rotatable bonds is 2. The second kappa shape index (κ2) is 5.43. The van der Waals surface area contributed by atoms with Gasteiger partial charge in [0, 0.05) is 0 Å². The third-order valence-corrected chi connectivity index (χ3v) is 3.47. The molecule has 0 bridgehead atoms. The van der Waals surface area contributed by atoms with E-state index in [0.29, 0.717) is 28.0 Å². The molecule has 5 nitrogen and oxygen atoms in total. The van der Waals surface area contributed by atoms with Crippen LogP contribution in [0.1, 0.15) is 24.4 Å². The van der Waals surface area contributed by atoms with E-state index in [-0.39, 0.29) is 5.56 Å². The monoisotopic (exact) mass is 290 g/mol. The fourth-order valence-corrected chi connectivity index (χ4v) is 2.45. The summed E-state index contributed by atoms with van der Waals surface area (Å²) < 4.78 is 1.51. The maximum absolute atomic E-state index is 12.9. The number of hydrogen-bond acceptors (Lipinski definition) is 4. The Morgan fingerprint density at radius 2 is 1.91 bits per heavy atom. The SMILES string of the molecule is CC(N)c1nc2c(C#N)cccc2c(=O)n1-c1ccccc1. The van der Waals surface area contributed by atoms with Gasteiger partial charge in [0.15, 0.2) is 0 Å². The predicted octanol–water partition coefficient (Wildman–Crippen LogP) is 2.28. The van der Waals surface area contributed by atoms with Crippen molar-refractivity contribution in [2.75, 3.05) is 0 Å². The van der Waals surface area contributed by atoms with Gasteiger partial charge in [-0.05, 0) is 31.2 Å². The Labute approximate surface area is 127 Å². The van der Waals surface area contributed by atoms with E-state index in [1.807, 2.05) is 30.3 Å². The summed E-state index contributed by atoms with van der Waals surface area (Å²) in [7, 11) is 0. The van der Waals surface area contributed by atoms with Gasteiger partial charge in [-0.25, -0.2) is 4.98 Å². The first kappa shape index (κ1) is 14.0. The van der Waals surface area contributed by atoms with E-state index in [0.717, 1.165) is 0 Å². The molecule has 0 radical (unpaired) electrons. The van der Waals surface area contributed by atoms with E-state index in [9.17, 15) is 10.1 Å². The number of nitrogens with two attached hydrogens (primary N) is 1. The van der Waals surface area contributed by atoms with Crippen molar-refractivity contribution in [1.29, 1.82) is 5.26 Å². The molecule has 22 heavy (non-hydrogen) atoms. The number of nitrogens with zero attached hydrogens (tertiary/aromatic N) is 3. The molecule has 1 aromatic heterocycles. The maximum atomic E-state index is 12.9.